The van der Waals surface area contributed by atoms with E-state index in [0.717, 1.165) is 4.48 Å². The van der Waals surface area contributed by atoms with Gasteiger partial charge in [0.25, 0.3) is 0 Å². The van der Waals surface area contributed by atoms with Gasteiger partial charge in [-0.25, -0.2) is 0 Å². The molecule has 0 fully saturated rings. The Bertz CT molecular complexity index is 135. The van der Waals surface area contributed by atoms with E-state index in [1.54, 1.807) is 0 Å². The molecule has 0 saturated carbocycles. The second-order valence-electron chi connectivity index (χ2n) is 5.32. The zero-order valence-electron chi connectivity index (χ0n) is 10.5. The third-order valence-electron chi connectivity index (χ3n) is 3.70. The van der Waals surface area contributed by atoms with Gasteiger partial charge in [0.1, 0.15) is 0 Å². The topological polar surface area (TPSA) is 0 Å². The van der Waals surface area contributed by atoms with E-state index in [0.29, 0.717) is 5.54 Å². The first-order valence-electron chi connectivity index (χ1n) is 5.69. The molecule has 0 aromatic heterocycles. The van der Waals surface area contributed by atoms with E-state index < -0.39 is 0 Å². The number of quaternary nitrogens is 1. The van der Waals surface area contributed by atoms with Crippen LogP contribution < -0.4 is 0 Å². The average molecular weight is 186 g/mol. The van der Waals surface area contributed by atoms with Crippen molar-refractivity contribution in [2.75, 3.05) is 21.1 Å². The summed E-state index contributed by atoms with van der Waals surface area (Å²) in [6.45, 7) is 7.01. The van der Waals surface area contributed by atoms with E-state index in [-0.39, 0.29) is 0 Å². The van der Waals surface area contributed by atoms with Crippen LogP contribution in [0.5, 0.6) is 0 Å². The van der Waals surface area contributed by atoms with E-state index in [9.17, 15) is 0 Å². The molecule has 0 aliphatic carbocycles. The molecule has 0 heterocycles. The molecule has 1 unspecified atom stereocenters. The maximum atomic E-state index is 2.42. The Balaban J connectivity index is 4.13. The van der Waals surface area contributed by atoms with Crippen molar-refractivity contribution in [2.24, 2.45) is 0 Å². The summed E-state index contributed by atoms with van der Waals surface area (Å²) in [5.74, 6) is 0. The van der Waals surface area contributed by atoms with E-state index in [1.165, 1.54) is 32.1 Å². The van der Waals surface area contributed by atoms with Gasteiger partial charge >= 0.3 is 0 Å². The fraction of sp³-hybridized carbons (Fsp3) is 1.00. The minimum Gasteiger partial charge on any atom is -0.326 e. The van der Waals surface area contributed by atoms with Crippen molar-refractivity contribution in [3.63, 3.8) is 0 Å². The van der Waals surface area contributed by atoms with Crippen LogP contribution in [0.15, 0.2) is 0 Å². The van der Waals surface area contributed by atoms with Gasteiger partial charge in [-0.3, -0.25) is 0 Å². The molecule has 0 aromatic carbocycles. The van der Waals surface area contributed by atoms with E-state index >= 15 is 0 Å². The minimum absolute atomic E-state index is 0.467. The molecular weight excluding hydrogens is 158 g/mol. The quantitative estimate of drug-likeness (QED) is 0.440. The van der Waals surface area contributed by atoms with Crippen LogP contribution in [0.1, 0.15) is 52.9 Å². The number of nitrogens with zero attached hydrogens (tertiary/aromatic N) is 1. The predicted molar refractivity (Wildman–Crippen MR) is 60.9 cm³/mol. The lowest BCUT2D eigenvalue weighted by Gasteiger charge is -2.43. The first-order valence-corrected chi connectivity index (χ1v) is 5.69. The summed E-state index contributed by atoms with van der Waals surface area (Å²) < 4.78 is 1.09. The van der Waals surface area contributed by atoms with Gasteiger partial charge in [-0.05, 0) is 19.8 Å². The predicted octanol–water partition coefficient (Wildman–Crippen LogP) is 3.44. The van der Waals surface area contributed by atoms with Crippen LogP contribution in [0.4, 0.5) is 0 Å². The number of unbranched alkanes of at least 4 members (excludes halogenated alkanes) is 2. The average Bonchev–Trinajstić information content (AvgIpc) is 2.02. The summed E-state index contributed by atoms with van der Waals surface area (Å²) in [6, 6.07) is 0. The molecule has 0 spiro atoms. The maximum Gasteiger partial charge on any atom is 0.0955 e. The highest BCUT2D eigenvalue weighted by Gasteiger charge is 2.35. The van der Waals surface area contributed by atoms with E-state index in [2.05, 4.69) is 41.9 Å². The van der Waals surface area contributed by atoms with E-state index in [4.69, 9.17) is 0 Å². The molecule has 0 aliphatic heterocycles. The van der Waals surface area contributed by atoms with Gasteiger partial charge in [0, 0.05) is 6.42 Å². The lowest BCUT2D eigenvalue weighted by molar-refractivity contribution is -0.922. The molecule has 1 nitrogen and oxygen atoms in total. The number of hydrogen-bond acceptors (Lipinski definition) is 0. The Hall–Kier alpha value is -0.0400. The number of rotatable bonds is 6. The van der Waals surface area contributed by atoms with Crippen LogP contribution >= 0.6 is 0 Å². The van der Waals surface area contributed by atoms with Crippen LogP contribution in [-0.2, 0) is 0 Å². The summed E-state index contributed by atoms with van der Waals surface area (Å²) in [5, 5.41) is 0. The molecule has 0 rings (SSSR count). The molecule has 0 radical (unpaired) electrons. The Labute approximate surface area is 84.7 Å². The van der Waals surface area contributed by atoms with Crippen molar-refractivity contribution in [3.05, 3.63) is 0 Å². The van der Waals surface area contributed by atoms with Gasteiger partial charge in [0.2, 0.25) is 0 Å². The van der Waals surface area contributed by atoms with E-state index in [1.807, 2.05) is 0 Å². The molecule has 0 saturated heterocycles. The van der Waals surface area contributed by atoms with Crippen molar-refractivity contribution in [1.82, 2.24) is 0 Å². The molecule has 80 valence electrons. The summed E-state index contributed by atoms with van der Waals surface area (Å²) >= 11 is 0. The van der Waals surface area contributed by atoms with Crippen LogP contribution in [0.2, 0.25) is 0 Å². The Morgan fingerprint density at radius 3 is 1.85 bits per heavy atom. The zero-order chi connectivity index (χ0) is 10.5. The highest BCUT2D eigenvalue weighted by molar-refractivity contribution is 4.72. The molecule has 0 aromatic rings. The van der Waals surface area contributed by atoms with Crippen molar-refractivity contribution in [1.29, 1.82) is 0 Å². The SMILES string of the molecule is CCCCCC(C)(CC)[N+](C)(C)C. The monoisotopic (exact) mass is 186 g/mol. The fourth-order valence-electron chi connectivity index (χ4n) is 1.74. The smallest absolute Gasteiger partial charge is 0.0955 e. The highest BCUT2D eigenvalue weighted by atomic mass is 15.3. The second-order valence-corrected chi connectivity index (χ2v) is 5.32. The largest absolute Gasteiger partial charge is 0.326 e. The van der Waals surface area contributed by atoms with Crippen LogP contribution in [0.25, 0.3) is 0 Å². The molecule has 0 bridgehead atoms. The van der Waals surface area contributed by atoms with Gasteiger partial charge in [-0.1, -0.05) is 26.7 Å². The summed E-state index contributed by atoms with van der Waals surface area (Å²) in [6.07, 6.45) is 6.74. The summed E-state index contributed by atoms with van der Waals surface area (Å²) in [5.41, 5.74) is 0.467. The first kappa shape index (κ1) is 13.0. The maximum absolute atomic E-state index is 2.42. The molecule has 0 aliphatic rings. The van der Waals surface area contributed by atoms with Crippen LogP contribution in [0, 0.1) is 0 Å². The van der Waals surface area contributed by atoms with Gasteiger partial charge in [0.05, 0.1) is 26.7 Å². The minimum atomic E-state index is 0.467. The molecule has 0 amide bonds. The molecule has 1 heteroatoms. The lowest BCUT2D eigenvalue weighted by atomic mass is 9.88. The van der Waals surface area contributed by atoms with Crippen LogP contribution in [-0.4, -0.2) is 31.2 Å². The lowest BCUT2D eigenvalue weighted by Crippen LogP contribution is -2.54. The molecular formula is C12H28N+. The third kappa shape index (κ3) is 3.68. The fourth-order valence-corrected chi connectivity index (χ4v) is 1.74. The van der Waals surface area contributed by atoms with Crippen molar-refractivity contribution in [3.8, 4) is 0 Å². The zero-order valence-corrected chi connectivity index (χ0v) is 10.5. The van der Waals surface area contributed by atoms with Crippen LogP contribution in [0.3, 0.4) is 0 Å². The first-order chi connectivity index (χ1) is 5.87. The summed E-state index contributed by atoms with van der Waals surface area (Å²) in [7, 11) is 6.94. The Morgan fingerprint density at radius 1 is 1.00 bits per heavy atom. The molecule has 0 N–H and O–H groups in total. The molecule has 13 heavy (non-hydrogen) atoms. The van der Waals surface area contributed by atoms with Gasteiger partial charge < -0.3 is 4.48 Å². The van der Waals surface area contributed by atoms with Crippen molar-refractivity contribution in [2.45, 2.75) is 58.4 Å². The third-order valence-corrected chi connectivity index (χ3v) is 3.70. The van der Waals surface area contributed by atoms with Crippen molar-refractivity contribution >= 4 is 0 Å². The van der Waals surface area contributed by atoms with Gasteiger partial charge in [-0.15, -0.1) is 0 Å². The van der Waals surface area contributed by atoms with Crippen molar-refractivity contribution < 1.29 is 4.48 Å². The summed E-state index contributed by atoms with van der Waals surface area (Å²) in [4.78, 5) is 0. The van der Waals surface area contributed by atoms with Gasteiger partial charge in [-0.2, -0.15) is 0 Å². The second kappa shape index (κ2) is 4.99. The normalized spacial score (nSPS) is 17.1. The Morgan fingerprint density at radius 2 is 1.54 bits per heavy atom. The van der Waals surface area contributed by atoms with Gasteiger partial charge in [0.15, 0.2) is 0 Å². The highest BCUT2D eigenvalue weighted by Crippen LogP contribution is 2.28. The Kier molecular flexibility index (Phi) is 4.98. The molecule has 1 atom stereocenters. The number of hydrogen-bond donors (Lipinski definition) is 0. The standard InChI is InChI=1S/C12H28N/c1-7-9-10-11-12(3,8-2)13(4,5)6/h7-11H2,1-6H3/q+1.